The van der Waals surface area contributed by atoms with E-state index in [1.807, 2.05) is 36.4 Å². The smallest absolute Gasteiger partial charge is 0.160 e. The predicted octanol–water partition coefficient (Wildman–Crippen LogP) is 11.5. The average Bonchev–Trinajstić information content (AvgIpc) is 3.50. The molecule has 0 N–H and O–H groups in total. The van der Waals surface area contributed by atoms with Crippen LogP contribution >= 0.6 is 0 Å². The number of rotatable bonds is 6. The Hall–Kier alpha value is -6.38. The van der Waals surface area contributed by atoms with Crippen LogP contribution < -0.4 is 0 Å². The van der Waals surface area contributed by atoms with Crippen molar-refractivity contribution in [3.63, 3.8) is 0 Å². The lowest BCUT2D eigenvalue weighted by Gasteiger charge is -2.34. The average molecular weight is 625 g/mol. The lowest BCUT2D eigenvalue weighted by Crippen LogP contribution is -2.28. The number of nitrogens with zero attached hydrogens (tertiary/aromatic N) is 2. The van der Waals surface area contributed by atoms with Crippen molar-refractivity contribution >= 4 is 0 Å². The molecule has 1 aliphatic carbocycles. The van der Waals surface area contributed by atoms with Gasteiger partial charge in [-0.15, -0.1) is 0 Å². The predicted molar refractivity (Wildman–Crippen MR) is 201 cm³/mol. The summed E-state index contributed by atoms with van der Waals surface area (Å²) in [6.07, 6.45) is 0. The third kappa shape index (κ3) is 4.89. The Bertz CT molecular complexity index is 2310. The standard InChI is InChI=1S/C47H32N2/c1-4-15-34(16-5-1)44-32-45(49-46(48-44)36-17-6-2-7-18-36)35-29-27-33(28-30-35)37-19-14-22-39(31-37)47(38-20-8-3-9-21-38)42-25-12-10-23-40(42)41-24-11-13-26-43(41)47/h1-32H. The molecule has 0 atom stereocenters. The lowest BCUT2D eigenvalue weighted by atomic mass is 9.67. The van der Waals surface area contributed by atoms with Crippen LogP contribution in [0.25, 0.3) is 56.2 Å². The molecule has 7 aromatic carbocycles. The molecule has 0 saturated heterocycles. The quantitative estimate of drug-likeness (QED) is 0.184. The summed E-state index contributed by atoms with van der Waals surface area (Å²) in [5.41, 5.74) is 14.6. The first kappa shape index (κ1) is 28.8. The van der Waals surface area contributed by atoms with Crippen LogP contribution in [0, 0.1) is 0 Å². The summed E-state index contributed by atoms with van der Waals surface area (Å²) < 4.78 is 0. The molecule has 49 heavy (non-hydrogen) atoms. The number of aromatic nitrogens is 2. The molecular formula is C47H32N2. The molecule has 0 spiro atoms. The maximum absolute atomic E-state index is 5.04. The van der Waals surface area contributed by atoms with Crippen molar-refractivity contribution in [1.29, 1.82) is 0 Å². The van der Waals surface area contributed by atoms with E-state index in [0.717, 1.165) is 39.5 Å². The first-order chi connectivity index (χ1) is 24.3. The van der Waals surface area contributed by atoms with Gasteiger partial charge in [0, 0.05) is 16.7 Å². The fourth-order valence-corrected chi connectivity index (χ4v) is 7.55. The molecule has 8 aromatic rings. The highest BCUT2D eigenvalue weighted by Gasteiger charge is 2.45. The highest BCUT2D eigenvalue weighted by molar-refractivity contribution is 5.87. The molecule has 0 amide bonds. The molecule has 1 aliphatic rings. The monoisotopic (exact) mass is 624 g/mol. The minimum atomic E-state index is -0.424. The molecule has 0 fully saturated rings. The maximum atomic E-state index is 5.04. The molecule has 0 aliphatic heterocycles. The molecule has 1 aromatic heterocycles. The van der Waals surface area contributed by atoms with E-state index in [1.54, 1.807) is 0 Å². The van der Waals surface area contributed by atoms with Crippen LogP contribution in [0.5, 0.6) is 0 Å². The molecule has 0 unspecified atom stereocenters. The van der Waals surface area contributed by atoms with E-state index >= 15 is 0 Å². The van der Waals surface area contributed by atoms with Gasteiger partial charge in [0.25, 0.3) is 0 Å². The first-order valence-electron chi connectivity index (χ1n) is 16.8. The Kier molecular flexibility index (Phi) is 7.06. The van der Waals surface area contributed by atoms with Gasteiger partial charge < -0.3 is 0 Å². The van der Waals surface area contributed by atoms with Crippen molar-refractivity contribution in [1.82, 2.24) is 9.97 Å². The fourth-order valence-electron chi connectivity index (χ4n) is 7.55. The van der Waals surface area contributed by atoms with E-state index in [2.05, 4.69) is 158 Å². The number of benzene rings is 7. The van der Waals surface area contributed by atoms with Crippen LogP contribution in [0.1, 0.15) is 22.3 Å². The van der Waals surface area contributed by atoms with Gasteiger partial charge in [-0.3, -0.25) is 0 Å². The number of hydrogen-bond donors (Lipinski definition) is 0. The second-order valence-corrected chi connectivity index (χ2v) is 12.6. The van der Waals surface area contributed by atoms with Gasteiger partial charge in [-0.2, -0.15) is 0 Å². The van der Waals surface area contributed by atoms with Gasteiger partial charge in [0.05, 0.1) is 16.8 Å². The first-order valence-corrected chi connectivity index (χ1v) is 16.8. The minimum absolute atomic E-state index is 0.424. The van der Waals surface area contributed by atoms with E-state index < -0.39 is 5.41 Å². The Morgan fingerprint density at radius 1 is 0.306 bits per heavy atom. The molecule has 0 radical (unpaired) electrons. The normalized spacial score (nSPS) is 12.7. The summed E-state index contributed by atoms with van der Waals surface area (Å²) in [5.74, 6) is 0.720. The minimum Gasteiger partial charge on any atom is -0.228 e. The summed E-state index contributed by atoms with van der Waals surface area (Å²) in [7, 11) is 0. The zero-order chi connectivity index (χ0) is 32.6. The van der Waals surface area contributed by atoms with E-state index in [9.17, 15) is 0 Å². The van der Waals surface area contributed by atoms with Crippen LogP contribution in [0.15, 0.2) is 194 Å². The Morgan fingerprint density at radius 2 is 0.755 bits per heavy atom. The summed E-state index contributed by atoms with van der Waals surface area (Å²) in [4.78, 5) is 10.0. The SMILES string of the molecule is c1ccc(-c2cc(-c3ccc(-c4cccc(C5(c6ccccc6)c6ccccc6-c6ccccc65)c4)cc3)nc(-c3ccccc3)n2)cc1. The summed E-state index contributed by atoms with van der Waals surface area (Å²) >= 11 is 0. The summed E-state index contributed by atoms with van der Waals surface area (Å²) in [6.45, 7) is 0. The third-order valence-electron chi connectivity index (χ3n) is 9.80. The number of fused-ring (bicyclic) bond motifs is 3. The highest BCUT2D eigenvalue weighted by Crippen LogP contribution is 2.56. The van der Waals surface area contributed by atoms with Gasteiger partial charge in [-0.05, 0) is 56.6 Å². The van der Waals surface area contributed by atoms with Crippen LogP contribution in [0.3, 0.4) is 0 Å². The molecular weight excluding hydrogens is 593 g/mol. The van der Waals surface area contributed by atoms with E-state index in [-0.39, 0.29) is 0 Å². The van der Waals surface area contributed by atoms with Crippen molar-refractivity contribution in [2.75, 3.05) is 0 Å². The van der Waals surface area contributed by atoms with Crippen LogP contribution in [-0.2, 0) is 5.41 Å². The zero-order valence-corrected chi connectivity index (χ0v) is 26.9. The largest absolute Gasteiger partial charge is 0.228 e. The molecule has 0 bridgehead atoms. The highest BCUT2D eigenvalue weighted by atomic mass is 14.9. The van der Waals surface area contributed by atoms with Gasteiger partial charge >= 0.3 is 0 Å². The molecule has 2 heteroatoms. The van der Waals surface area contributed by atoms with Crippen LogP contribution in [-0.4, -0.2) is 9.97 Å². The van der Waals surface area contributed by atoms with Gasteiger partial charge in [0.2, 0.25) is 0 Å². The zero-order valence-electron chi connectivity index (χ0n) is 26.9. The summed E-state index contributed by atoms with van der Waals surface area (Å²) in [6, 6.07) is 69.3. The molecule has 1 heterocycles. The Balaban J connectivity index is 1.15. The topological polar surface area (TPSA) is 25.8 Å². The molecule has 2 nitrogen and oxygen atoms in total. The van der Waals surface area contributed by atoms with Crippen molar-refractivity contribution in [2.45, 2.75) is 5.41 Å². The van der Waals surface area contributed by atoms with Crippen molar-refractivity contribution in [3.05, 3.63) is 216 Å². The number of hydrogen-bond acceptors (Lipinski definition) is 2. The Labute approximate surface area is 287 Å². The van der Waals surface area contributed by atoms with Gasteiger partial charge in [-0.25, -0.2) is 9.97 Å². The van der Waals surface area contributed by atoms with E-state index in [0.29, 0.717) is 0 Å². The van der Waals surface area contributed by atoms with Crippen LogP contribution in [0.2, 0.25) is 0 Å². The van der Waals surface area contributed by atoms with Crippen molar-refractivity contribution < 1.29 is 0 Å². The van der Waals surface area contributed by atoms with Gasteiger partial charge in [0.1, 0.15) is 0 Å². The fraction of sp³-hybridized carbons (Fsp3) is 0.0213. The second kappa shape index (κ2) is 12.0. The lowest BCUT2D eigenvalue weighted by molar-refractivity contribution is 0.769. The second-order valence-electron chi connectivity index (χ2n) is 12.6. The van der Waals surface area contributed by atoms with E-state index in [1.165, 1.54) is 38.9 Å². The Morgan fingerprint density at radius 3 is 1.37 bits per heavy atom. The maximum Gasteiger partial charge on any atom is 0.160 e. The molecule has 0 saturated carbocycles. The molecule has 230 valence electrons. The van der Waals surface area contributed by atoms with E-state index in [4.69, 9.17) is 9.97 Å². The van der Waals surface area contributed by atoms with Crippen molar-refractivity contribution in [3.8, 4) is 56.2 Å². The van der Waals surface area contributed by atoms with Crippen LogP contribution in [0.4, 0.5) is 0 Å². The van der Waals surface area contributed by atoms with Gasteiger partial charge in [0.15, 0.2) is 5.82 Å². The molecule has 9 rings (SSSR count). The third-order valence-corrected chi connectivity index (χ3v) is 9.80. The summed E-state index contributed by atoms with van der Waals surface area (Å²) in [5, 5.41) is 0. The van der Waals surface area contributed by atoms with Crippen molar-refractivity contribution in [2.24, 2.45) is 0 Å². The van der Waals surface area contributed by atoms with Gasteiger partial charge in [-0.1, -0.05) is 182 Å².